The molecule has 3 aromatic rings. The highest BCUT2D eigenvalue weighted by molar-refractivity contribution is 5.86. The van der Waals surface area contributed by atoms with Gasteiger partial charge in [-0.15, -0.1) is 0 Å². The average molecular weight is 628 g/mol. The van der Waals surface area contributed by atoms with Gasteiger partial charge in [-0.3, -0.25) is 9.59 Å². The molecule has 4 atom stereocenters. The Labute approximate surface area is 269 Å². The average Bonchev–Trinajstić information content (AvgIpc) is 3.07. The summed E-state index contributed by atoms with van der Waals surface area (Å²) in [5.41, 5.74) is 2.70. The highest BCUT2D eigenvalue weighted by Crippen LogP contribution is 2.15. The highest BCUT2D eigenvalue weighted by Gasteiger charge is 2.28. The number of allylic oxidation sites excluding steroid dienone is 1. The van der Waals surface area contributed by atoms with E-state index in [0.29, 0.717) is 12.8 Å². The second-order valence-corrected chi connectivity index (χ2v) is 11.3. The largest absolute Gasteiger partial charge is 0.462 e. The molecule has 0 bridgehead atoms. The summed E-state index contributed by atoms with van der Waals surface area (Å²) in [5, 5.41) is 18.3. The fourth-order valence-electron chi connectivity index (χ4n) is 5.12. The molecule has 0 aliphatic carbocycles. The molecular formula is C36H41N3O7. The highest BCUT2D eigenvalue weighted by atomic mass is 16.6. The van der Waals surface area contributed by atoms with Crippen LogP contribution in [-0.2, 0) is 43.3 Å². The molecule has 0 unspecified atom stereocenters. The minimum absolute atomic E-state index is 0.0433. The lowest BCUT2D eigenvalue weighted by molar-refractivity contribution is -0.147. The van der Waals surface area contributed by atoms with Crippen molar-refractivity contribution in [2.75, 3.05) is 13.2 Å². The van der Waals surface area contributed by atoms with E-state index in [2.05, 4.69) is 16.0 Å². The Morgan fingerprint density at radius 2 is 1.48 bits per heavy atom. The molecule has 10 heteroatoms. The third-order valence-electron chi connectivity index (χ3n) is 7.56. The van der Waals surface area contributed by atoms with E-state index >= 15 is 0 Å². The fourth-order valence-corrected chi connectivity index (χ4v) is 5.12. The molecule has 3 aromatic carbocycles. The van der Waals surface area contributed by atoms with E-state index in [1.807, 2.05) is 91.0 Å². The minimum atomic E-state index is -1.02. The van der Waals surface area contributed by atoms with Crippen LogP contribution in [0.4, 0.5) is 4.79 Å². The van der Waals surface area contributed by atoms with E-state index in [9.17, 15) is 24.3 Å². The molecular weight excluding hydrogens is 586 g/mol. The molecule has 4 N–H and O–H groups in total. The summed E-state index contributed by atoms with van der Waals surface area (Å²) in [5.74, 6) is -2.08. The molecule has 10 nitrogen and oxygen atoms in total. The Morgan fingerprint density at radius 3 is 2.13 bits per heavy atom. The number of esters is 1. The SMILES string of the molecule is O=C(C[C@H]1CC=CC[C@@H](NC(=O)OCc2ccccc2)C(=O)OC[C@H](Cc2ccccc2)NC1=O)N[C@@H](CO)Cc1ccccc1. The van der Waals surface area contributed by atoms with E-state index in [1.54, 1.807) is 12.2 Å². The lowest BCUT2D eigenvalue weighted by Gasteiger charge is -2.25. The van der Waals surface area contributed by atoms with Crippen LogP contribution in [0.1, 0.15) is 36.0 Å². The van der Waals surface area contributed by atoms with Crippen LogP contribution in [0.25, 0.3) is 0 Å². The van der Waals surface area contributed by atoms with E-state index in [4.69, 9.17) is 9.47 Å². The second-order valence-electron chi connectivity index (χ2n) is 11.3. The van der Waals surface area contributed by atoms with Crippen LogP contribution >= 0.6 is 0 Å². The second kappa shape index (κ2) is 18.1. The van der Waals surface area contributed by atoms with Gasteiger partial charge in [0.2, 0.25) is 11.8 Å². The van der Waals surface area contributed by atoms with Crippen molar-refractivity contribution in [2.45, 2.75) is 56.8 Å². The van der Waals surface area contributed by atoms with Gasteiger partial charge in [-0.2, -0.15) is 0 Å². The maximum Gasteiger partial charge on any atom is 0.408 e. The maximum absolute atomic E-state index is 13.5. The number of carbonyl (C=O) groups is 4. The molecule has 0 spiro atoms. The first-order valence-electron chi connectivity index (χ1n) is 15.5. The Morgan fingerprint density at radius 1 is 0.870 bits per heavy atom. The summed E-state index contributed by atoms with van der Waals surface area (Å²) in [6, 6.07) is 26.1. The summed E-state index contributed by atoms with van der Waals surface area (Å²) in [4.78, 5) is 52.2. The number of aliphatic hydroxyl groups excluding tert-OH is 1. The van der Waals surface area contributed by atoms with Gasteiger partial charge < -0.3 is 30.5 Å². The van der Waals surface area contributed by atoms with Crippen LogP contribution < -0.4 is 16.0 Å². The number of nitrogens with one attached hydrogen (secondary N) is 3. The standard InChI is InChI=1S/C36H41N3O7/c40-23-30(20-26-12-4-1-5-13-26)37-33(41)22-29-18-10-11-19-32(39-36(44)46-24-28-16-8-3-9-17-28)35(43)45-25-31(38-34(29)42)21-27-14-6-2-7-15-27/h1-17,29-32,40H,18-25H2,(H,37,41)(H,38,42)(H,39,44)/t29-,30-,31+,32-/m1/s1. The molecule has 3 amide bonds. The first kappa shape index (κ1) is 33.9. The van der Waals surface area contributed by atoms with Gasteiger partial charge in [0.25, 0.3) is 0 Å². The number of amides is 3. The number of rotatable bonds is 11. The number of aliphatic hydroxyl groups is 1. The summed E-state index contributed by atoms with van der Waals surface area (Å²) in [6.07, 6.45) is 3.69. The van der Waals surface area contributed by atoms with Crippen molar-refractivity contribution in [1.82, 2.24) is 16.0 Å². The van der Waals surface area contributed by atoms with Gasteiger partial charge in [0.15, 0.2) is 0 Å². The minimum Gasteiger partial charge on any atom is -0.462 e. The molecule has 1 heterocycles. The lowest BCUT2D eigenvalue weighted by Crippen LogP contribution is -2.47. The van der Waals surface area contributed by atoms with E-state index in [0.717, 1.165) is 16.7 Å². The Bertz CT molecular complexity index is 1430. The summed E-state index contributed by atoms with van der Waals surface area (Å²) >= 11 is 0. The molecule has 0 radical (unpaired) electrons. The number of carbonyl (C=O) groups excluding carboxylic acids is 4. The zero-order valence-electron chi connectivity index (χ0n) is 25.7. The summed E-state index contributed by atoms with van der Waals surface area (Å²) < 4.78 is 10.9. The van der Waals surface area contributed by atoms with Gasteiger partial charge in [0, 0.05) is 6.42 Å². The topological polar surface area (TPSA) is 143 Å². The van der Waals surface area contributed by atoms with Gasteiger partial charge in [0.05, 0.1) is 24.6 Å². The third-order valence-corrected chi connectivity index (χ3v) is 7.56. The first-order chi connectivity index (χ1) is 22.4. The van der Waals surface area contributed by atoms with Crippen molar-refractivity contribution in [3.8, 4) is 0 Å². The predicted molar refractivity (Wildman–Crippen MR) is 172 cm³/mol. The van der Waals surface area contributed by atoms with Gasteiger partial charge in [-0.05, 0) is 42.4 Å². The summed E-state index contributed by atoms with van der Waals surface area (Å²) in [7, 11) is 0. The van der Waals surface area contributed by atoms with E-state index in [1.165, 1.54) is 0 Å². The van der Waals surface area contributed by atoms with Gasteiger partial charge in [-0.1, -0.05) is 103 Å². The zero-order valence-corrected chi connectivity index (χ0v) is 25.7. The van der Waals surface area contributed by atoms with Crippen molar-refractivity contribution >= 4 is 23.9 Å². The van der Waals surface area contributed by atoms with Gasteiger partial charge in [0.1, 0.15) is 19.3 Å². The van der Waals surface area contributed by atoms with Crippen LogP contribution in [0.5, 0.6) is 0 Å². The normalized spacial score (nSPS) is 19.4. The third kappa shape index (κ3) is 11.5. The molecule has 0 fully saturated rings. The molecule has 242 valence electrons. The van der Waals surface area contributed by atoms with E-state index in [-0.39, 0.29) is 50.9 Å². The van der Waals surface area contributed by atoms with Crippen LogP contribution in [0, 0.1) is 5.92 Å². The molecule has 1 aliphatic heterocycles. The van der Waals surface area contributed by atoms with Crippen molar-refractivity contribution < 1.29 is 33.8 Å². The predicted octanol–water partition coefficient (Wildman–Crippen LogP) is 3.63. The van der Waals surface area contributed by atoms with Crippen molar-refractivity contribution in [3.63, 3.8) is 0 Å². The maximum atomic E-state index is 13.5. The monoisotopic (exact) mass is 627 g/mol. The lowest BCUT2D eigenvalue weighted by atomic mass is 9.97. The van der Waals surface area contributed by atoms with E-state index < -0.39 is 36.1 Å². The number of cyclic esters (lactones) is 1. The number of alkyl carbamates (subject to hydrolysis) is 1. The van der Waals surface area contributed by atoms with Gasteiger partial charge in [-0.25, -0.2) is 9.59 Å². The molecule has 1 aliphatic rings. The molecule has 0 saturated carbocycles. The van der Waals surface area contributed by atoms with Crippen LogP contribution in [0.3, 0.4) is 0 Å². The molecule has 0 aromatic heterocycles. The first-order valence-corrected chi connectivity index (χ1v) is 15.5. The quantitative estimate of drug-likeness (QED) is 0.188. The Hall–Kier alpha value is -4.96. The molecule has 4 rings (SSSR count). The zero-order chi connectivity index (χ0) is 32.6. The van der Waals surface area contributed by atoms with Crippen molar-refractivity contribution in [2.24, 2.45) is 5.92 Å². The van der Waals surface area contributed by atoms with Crippen LogP contribution in [0.2, 0.25) is 0 Å². The number of ether oxygens (including phenoxy) is 2. The van der Waals surface area contributed by atoms with Crippen molar-refractivity contribution in [3.05, 3.63) is 120 Å². The van der Waals surface area contributed by atoms with Crippen LogP contribution in [0.15, 0.2) is 103 Å². The number of hydrogen-bond acceptors (Lipinski definition) is 7. The van der Waals surface area contributed by atoms with Crippen LogP contribution in [-0.4, -0.2) is 60.3 Å². The van der Waals surface area contributed by atoms with Crippen molar-refractivity contribution in [1.29, 1.82) is 0 Å². The smallest absolute Gasteiger partial charge is 0.408 e. The van der Waals surface area contributed by atoms with Gasteiger partial charge >= 0.3 is 12.1 Å². The number of hydrogen-bond donors (Lipinski definition) is 4. The fraction of sp³-hybridized carbons (Fsp3) is 0.333. The molecule has 46 heavy (non-hydrogen) atoms. The number of benzene rings is 3. The molecule has 0 saturated heterocycles. The Kier molecular flexibility index (Phi) is 13.4. The Balaban J connectivity index is 1.44. The summed E-state index contributed by atoms with van der Waals surface area (Å²) in [6.45, 7) is -0.339.